The van der Waals surface area contributed by atoms with Crippen molar-refractivity contribution in [2.75, 3.05) is 0 Å². The van der Waals surface area contributed by atoms with Gasteiger partial charge in [0.25, 0.3) is 0 Å². The molecule has 0 aliphatic carbocycles. The summed E-state index contributed by atoms with van der Waals surface area (Å²) >= 11 is 5.71. The fraction of sp³-hybridized carbons (Fsp3) is 0. The Morgan fingerprint density at radius 3 is 3.00 bits per heavy atom. The van der Waals surface area contributed by atoms with Crippen molar-refractivity contribution in [1.29, 1.82) is 5.41 Å². The standard InChI is InChI=1S/C7H5ClN4O/c8-4-1-2-5-6(3-4)10-11-12(13)7(5)9/h1-3,9,13H. The highest BCUT2D eigenvalue weighted by atomic mass is 35.5. The Balaban J connectivity index is 2.95. The number of benzene rings is 1. The van der Waals surface area contributed by atoms with Crippen LogP contribution in [0, 0.1) is 5.41 Å². The van der Waals surface area contributed by atoms with Crippen molar-refractivity contribution < 1.29 is 5.21 Å². The predicted molar refractivity (Wildman–Crippen MR) is 45.6 cm³/mol. The van der Waals surface area contributed by atoms with Gasteiger partial charge in [0.05, 0.1) is 0 Å². The lowest BCUT2D eigenvalue weighted by atomic mass is 10.2. The SMILES string of the molecule is N=c1c2ccc(Cl)cc2nnn1O. The highest BCUT2D eigenvalue weighted by molar-refractivity contribution is 6.31. The quantitative estimate of drug-likeness (QED) is 0.612. The van der Waals surface area contributed by atoms with Gasteiger partial charge in [-0.15, -0.1) is 5.10 Å². The molecule has 13 heavy (non-hydrogen) atoms. The molecule has 2 rings (SSSR count). The van der Waals surface area contributed by atoms with Crippen molar-refractivity contribution >= 4 is 22.5 Å². The zero-order chi connectivity index (χ0) is 9.42. The fourth-order valence-corrected chi connectivity index (χ4v) is 1.20. The summed E-state index contributed by atoms with van der Waals surface area (Å²) in [6.07, 6.45) is 0. The summed E-state index contributed by atoms with van der Waals surface area (Å²) in [6.45, 7) is 0. The van der Waals surface area contributed by atoms with E-state index in [2.05, 4.69) is 10.3 Å². The van der Waals surface area contributed by atoms with Crippen LogP contribution in [0.2, 0.25) is 5.02 Å². The van der Waals surface area contributed by atoms with E-state index in [1.807, 2.05) is 0 Å². The molecule has 0 spiro atoms. The van der Waals surface area contributed by atoms with Crippen LogP contribution >= 0.6 is 11.6 Å². The Kier molecular flexibility index (Phi) is 1.66. The molecule has 2 aromatic rings. The maximum atomic E-state index is 9.01. The molecular formula is C7H5ClN4O. The first-order chi connectivity index (χ1) is 6.18. The maximum absolute atomic E-state index is 9.01. The topological polar surface area (TPSA) is 74.8 Å². The van der Waals surface area contributed by atoms with Gasteiger partial charge in [0, 0.05) is 10.4 Å². The summed E-state index contributed by atoms with van der Waals surface area (Å²) in [5.41, 5.74) is 0.379. The molecule has 0 bridgehead atoms. The second kappa shape index (κ2) is 2.70. The molecule has 0 saturated carbocycles. The van der Waals surface area contributed by atoms with Gasteiger partial charge in [-0.25, -0.2) is 0 Å². The van der Waals surface area contributed by atoms with Crippen LogP contribution in [0.15, 0.2) is 18.2 Å². The average Bonchev–Trinajstić information content (AvgIpc) is 2.12. The van der Waals surface area contributed by atoms with Crippen LogP contribution in [-0.4, -0.2) is 20.4 Å². The van der Waals surface area contributed by atoms with Crippen molar-refractivity contribution in [3.8, 4) is 0 Å². The molecule has 0 amide bonds. The van der Waals surface area contributed by atoms with Crippen LogP contribution in [0.4, 0.5) is 0 Å². The smallest absolute Gasteiger partial charge is 0.193 e. The first-order valence-electron chi connectivity index (χ1n) is 3.47. The summed E-state index contributed by atoms with van der Waals surface area (Å²) in [6, 6.07) is 4.83. The molecule has 1 aromatic heterocycles. The highest BCUT2D eigenvalue weighted by Crippen LogP contribution is 2.13. The van der Waals surface area contributed by atoms with E-state index in [-0.39, 0.29) is 5.49 Å². The van der Waals surface area contributed by atoms with Crippen molar-refractivity contribution in [3.05, 3.63) is 28.7 Å². The van der Waals surface area contributed by atoms with Crippen LogP contribution in [0.5, 0.6) is 0 Å². The lowest BCUT2D eigenvalue weighted by Crippen LogP contribution is -2.21. The molecule has 0 saturated heterocycles. The molecule has 1 aromatic carbocycles. The van der Waals surface area contributed by atoms with E-state index in [1.54, 1.807) is 18.2 Å². The number of fused-ring (bicyclic) bond motifs is 1. The molecule has 2 N–H and O–H groups in total. The Morgan fingerprint density at radius 1 is 1.46 bits per heavy atom. The summed E-state index contributed by atoms with van der Waals surface area (Å²) in [7, 11) is 0. The molecule has 66 valence electrons. The van der Waals surface area contributed by atoms with Gasteiger partial charge in [-0.1, -0.05) is 16.4 Å². The van der Waals surface area contributed by atoms with Crippen LogP contribution in [0.3, 0.4) is 0 Å². The molecule has 6 heteroatoms. The largest absolute Gasteiger partial charge is 0.409 e. The van der Waals surface area contributed by atoms with Crippen LogP contribution in [0.1, 0.15) is 0 Å². The second-order valence-corrected chi connectivity index (χ2v) is 2.93. The number of aromatic nitrogens is 3. The molecule has 0 aliphatic heterocycles. The first kappa shape index (κ1) is 8.00. The number of hydrogen-bond donors (Lipinski definition) is 2. The lowest BCUT2D eigenvalue weighted by Gasteiger charge is -1.98. The molecule has 0 radical (unpaired) electrons. The zero-order valence-electron chi connectivity index (χ0n) is 6.40. The van der Waals surface area contributed by atoms with Crippen LogP contribution in [-0.2, 0) is 0 Å². The number of nitrogens with one attached hydrogen (secondary N) is 1. The Morgan fingerprint density at radius 2 is 2.23 bits per heavy atom. The predicted octanol–water partition coefficient (Wildman–Crippen LogP) is 0.801. The first-order valence-corrected chi connectivity index (χ1v) is 3.85. The Labute approximate surface area is 77.7 Å². The van der Waals surface area contributed by atoms with Crippen molar-refractivity contribution in [3.63, 3.8) is 0 Å². The summed E-state index contributed by atoms with van der Waals surface area (Å²) < 4.78 is 0. The van der Waals surface area contributed by atoms with E-state index >= 15 is 0 Å². The normalized spacial score (nSPS) is 10.5. The van der Waals surface area contributed by atoms with E-state index < -0.39 is 0 Å². The average molecular weight is 197 g/mol. The van der Waals surface area contributed by atoms with Gasteiger partial charge in [-0.3, -0.25) is 5.41 Å². The molecule has 1 heterocycles. The summed E-state index contributed by atoms with van der Waals surface area (Å²) in [5.74, 6) is 0. The number of rotatable bonds is 0. The van der Waals surface area contributed by atoms with Gasteiger partial charge in [-0.2, -0.15) is 0 Å². The van der Waals surface area contributed by atoms with Crippen molar-refractivity contribution in [1.82, 2.24) is 15.2 Å². The molecule has 0 atom stereocenters. The van der Waals surface area contributed by atoms with Gasteiger partial charge in [0.1, 0.15) is 5.52 Å². The van der Waals surface area contributed by atoms with E-state index in [0.717, 1.165) is 0 Å². The number of nitrogens with zero attached hydrogens (tertiary/aromatic N) is 3. The van der Waals surface area contributed by atoms with Gasteiger partial charge in [0.2, 0.25) is 0 Å². The fourth-order valence-electron chi connectivity index (χ4n) is 1.03. The molecular weight excluding hydrogens is 192 g/mol. The van der Waals surface area contributed by atoms with Gasteiger partial charge in [0.15, 0.2) is 5.49 Å². The minimum atomic E-state index is -0.110. The minimum Gasteiger partial charge on any atom is -0.409 e. The van der Waals surface area contributed by atoms with E-state index in [0.29, 0.717) is 20.8 Å². The molecule has 0 unspecified atom stereocenters. The van der Waals surface area contributed by atoms with Gasteiger partial charge < -0.3 is 5.21 Å². The maximum Gasteiger partial charge on any atom is 0.193 e. The Bertz CT molecular complexity index is 521. The van der Waals surface area contributed by atoms with Gasteiger partial charge in [-0.05, 0) is 23.4 Å². The Hall–Kier alpha value is -1.62. The van der Waals surface area contributed by atoms with Gasteiger partial charge >= 0.3 is 0 Å². The third-order valence-electron chi connectivity index (χ3n) is 1.65. The van der Waals surface area contributed by atoms with E-state index in [1.165, 1.54) is 0 Å². The summed E-state index contributed by atoms with van der Waals surface area (Å²) in [5, 5.41) is 24.4. The van der Waals surface area contributed by atoms with Crippen LogP contribution < -0.4 is 5.49 Å². The third kappa shape index (κ3) is 1.23. The van der Waals surface area contributed by atoms with Crippen molar-refractivity contribution in [2.24, 2.45) is 0 Å². The van der Waals surface area contributed by atoms with E-state index in [4.69, 9.17) is 22.2 Å². The van der Waals surface area contributed by atoms with Crippen LogP contribution in [0.25, 0.3) is 10.9 Å². The molecule has 0 fully saturated rings. The minimum absolute atomic E-state index is 0.110. The monoisotopic (exact) mass is 196 g/mol. The third-order valence-corrected chi connectivity index (χ3v) is 1.89. The number of halogens is 1. The lowest BCUT2D eigenvalue weighted by molar-refractivity contribution is 0.123. The van der Waals surface area contributed by atoms with Crippen molar-refractivity contribution in [2.45, 2.75) is 0 Å². The molecule has 5 nitrogen and oxygen atoms in total. The number of hydrogen-bond acceptors (Lipinski definition) is 4. The zero-order valence-corrected chi connectivity index (χ0v) is 7.15. The molecule has 0 aliphatic rings. The van der Waals surface area contributed by atoms with E-state index in [9.17, 15) is 0 Å². The highest BCUT2D eigenvalue weighted by Gasteiger charge is 2.01. The summed E-state index contributed by atoms with van der Waals surface area (Å²) in [4.78, 5) is 0.413. The second-order valence-electron chi connectivity index (χ2n) is 2.49.